The number of methoxy groups -OCH3 is 2. The molecule has 0 unspecified atom stereocenters. The molecule has 0 aliphatic carbocycles. The number of fused-ring (bicyclic) bond motifs is 1. The minimum absolute atomic E-state index is 0.139. The van der Waals surface area contributed by atoms with E-state index in [4.69, 9.17) is 13.9 Å². The van der Waals surface area contributed by atoms with Crippen LogP contribution >= 0.6 is 0 Å². The minimum Gasteiger partial charge on any atom is -0.497 e. The van der Waals surface area contributed by atoms with Crippen molar-refractivity contribution in [1.82, 2.24) is 0 Å². The third-order valence-corrected chi connectivity index (χ3v) is 3.59. The highest BCUT2D eigenvalue weighted by atomic mass is 16.5. The SMILES string of the molecule is COc1ccc2occ(CC(=O)Nc3ccccc3OC)c2c1. The number of furan rings is 1. The smallest absolute Gasteiger partial charge is 0.229 e. The van der Waals surface area contributed by atoms with Gasteiger partial charge in [0.15, 0.2) is 0 Å². The van der Waals surface area contributed by atoms with E-state index in [1.54, 1.807) is 32.6 Å². The van der Waals surface area contributed by atoms with Gasteiger partial charge in [0.05, 0.1) is 32.6 Å². The number of para-hydroxylation sites is 2. The van der Waals surface area contributed by atoms with E-state index in [-0.39, 0.29) is 12.3 Å². The van der Waals surface area contributed by atoms with Crippen LogP contribution in [0, 0.1) is 0 Å². The minimum atomic E-state index is -0.139. The van der Waals surface area contributed by atoms with Gasteiger partial charge in [-0.05, 0) is 30.3 Å². The summed E-state index contributed by atoms with van der Waals surface area (Å²) in [6.45, 7) is 0. The van der Waals surface area contributed by atoms with Crippen LogP contribution in [0.2, 0.25) is 0 Å². The molecule has 0 aliphatic heterocycles. The van der Waals surface area contributed by atoms with Gasteiger partial charge in [0, 0.05) is 10.9 Å². The second kappa shape index (κ2) is 6.44. The highest BCUT2D eigenvalue weighted by molar-refractivity contribution is 5.96. The summed E-state index contributed by atoms with van der Waals surface area (Å²) < 4.78 is 15.9. The fourth-order valence-electron chi connectivity index (χ4n) is 2.44. The maximum Gasteiger partial charge on any atom is 0.229 e. The van der Waals surface area contributed by atoms with Gasteiger partial charge in [-0.2, -0.15) is 0 Å². The number of hydrogen-bond acceptors (Lipinski definition) is 4. The summed E-state index contributed by atoms with van der Waals surface area (Å²) in [5.41, 5.74) is 2.18. The number of anilines is 1. The van der Waals surface area contributed by atoms with Crippen molar-refractivity contribution in [3.63, 3.8) is 0 Å². The Hall–Kier alpha value is -2.95. The van der Waals surface area contributed by atoms with Crippen LogP contribution in [0.5, 0.6) is 11.5 Å². The number of carbonyl (C=O) groups excluding carboxylic acids is 1. The summed E-state index contributed by atoms with van der Waals surface area (Å²) in [5.74, 6) is 1.21. The van der Waals surface area contributed by atoms with Crippen molar-refractivity contribution in [3.05, 3.63) is 54.3 Å². The number of rotatable bonds is 5. The summed E-state index contributed by atoms with van der Waals surface area (Å²) >= 11 is 0. The molecule has 1 aromatic heterocycles. The molecule has 0 spiro atoms. The van der Waals surface area contributed by atoms with Gasteiger partial charge in [0.1, 0.15) is 17.1 Å². The lowest BCUT2D eigenvalue weighted by atomic mass is 10.1. The van der Waals surface area contributed by atoms with Crippen LogP contribution in [0.15, 0.2) is 53.1 Å². The highest BCUT2D eigenvalue weighted by Gasteiger charge is 2.13. The van der Waals surface area contributed by atoms with Crippen molar-refractivity contribution in [2.45, 2.75) is 6.42 Å². The molecule has 0 saturated carbocycles. The monoisotopic (exact) mass is 311 g/mol. The Morgan fingerprint density at radius 1 is 1.13 bits per heavy atom. The van der Waals surface area contributed by atoms with Crippen LogP contribution in [0.25, 0.3) is 11.0 Å². The first kappa shape index (κ1) is 15.0. The lowest BCUT2D eigenvalue weighted by molar-refractivity contribution is -0.115. The molecule has 1 N–H and O–H groups in total. The van der Waals surface area contributed by atoms with E-state index < -0.39 is 0 Å². The quantitative estimate of drug-likeness (QED) is 0.781. The van der Waals surface area contributed by atoms with Gasteiger partial charge >= 0.3 is 0 Å². The molecule has 3 aromatic rings. The number of ether oxygens (including phenoxy) is 2. The van der Waals surface area contributed by atoms with E-state index in [1.165, 1.54) is 0 Å². The van der Waals surface area contributed by atoms with E-state index in [2.05, 4.69) is 5.32 Å². The first-order valence-electron chi connectivity index (χ1n) is 7.18. The van der Waals surface area contributed by atoms with Crippen LogP contribution in [0.3, 0.4) is 0 Å². The Morgan fingerprint density at radius 3 is 2.74 bits per heavy atom. The fraction of sp³-hybridized carbons (Fsp3) is 0.167. The number of benzene rings is 2. The molecule has 0 saturated heterocycles. The molecular weight excluding hydrogens is 294 g/mol. The van der Waals surface area contributed by atoms with E-state index in [9.17, 15) is 4.79 Å². The molecule has 118 valence electrons. The molecule has 2 aromatic carbocycles. The van der Waals surface area contributed by atoms with Crippen molar-refractivity contribution < 1.29 is 18.7 Å². The zero-order valence-electron chi connectivity index (χ0n) is 13.0. The Kier molecular flexibility index (Phi) is 4.19. The Balaban J connectivity index is 1.80. The summed E-state index contributed by atoms with van der Waals surface area (Å²) in [6.07, 6.45) is 1.81. The van der Waals surface area contributed by atoms with Crippen molar-refractivity contribution in [2.75, 3.05) is 19.5 Å². The molecule has 0 aliphatic rings. The van der Waals surface area contributed by atoms with Gasteiger partial charge in [-0.3, -0.25) is 4.79 Å². The number of amides is 1. The van der Waals surface area contributed by atoms with E-state index in [1.807, 2.05) is 30.3 Å². The highest BCUT2D eigenvalue weighted by Crippen LogP contribution is 2.27. The van der Waals surface area contributed by atoms with Crippen molar-refractivity contribution in [1.29, 1.82) is 0 Å². The van der Waals surface area contributed by atoms with E-state index in [0.717, 1.165) is 22.3 Å². The molecule has 0 radical (unpaired) electrons. The normalized spacial score (nSPS) is 10.5. The van der Waals surface area contributed by atoms with Gasteiger partial charge < -0.3 is 19.2 Å². The van der Waals surface area contributed by atoms with Gasteiger partial charge in [-0.15, -0.1) is 0 Å². The van der Waals surface area contributed by atoms with E-state index >= 15 is 0 Å². The van der Waals surface area contributed by atoms with E-state index in [0.29, 0.717) is 11.4 Å². The third kappa shape index (κ3) is 3.13. The summed E-state index contributed by atoms with van der Waals surface area (Å²) in [6, 6.07) is 12.8. The van der Waals surface area contributed by atoms with Crippen molar-refractivity contribution in [3.8, 4) is 11.5 Å². The molecule has 23 heavy (non-hydrogen) atoms. The standard InChI is InChI=1S/C18H17NO4/c1-21-13-7-8-16-14(10-13)12(11-23-16)9-18(20)19-15-5-3-4-6-17(15)22-2/h3-8,10-11H,9H2,1-2H3,(H,19,20). The number of hydrogen-bond donors (Lipinski definition) is 1. The first-order chi connectivity index (χ1) is 11.2. The van der Waals surface area contributed by atoms with Crippen LogP contribution in [0.4, 0.5) is 5.69 Å². The molecular formula is C18H17NO4. The van der Waals surface area contributed by atoms with Crippen molar-refractivity contribution >= 4 is 22.6 Å². The zero-order valence-corrected chi connectivity index (χ0v) is 13.0. The van der Waals surface area contributed by atoms with Crippen LogP contribution < -0.4 is 14.8 Å². The average Bonchev–Trinajstić information content (AvgIpc) is 2.97. The zero-order chi connectivity index (χ0) is 16.2. The van der Waals surface area contributed by atoms with Crippen LogP contribution in [-0.2, 0) is 11.2 Å². The molecule has 0 fully saturated rings. The second-order valence-electron chi connectivity index (χ2n) is 5.05. The molecule has 3 rings (SSSR count). The predicted molar refractivity (Wildman–Crippen MR) is 88.1 cm³/mol. The molecule has 5 nitrogen and oxygen atoms in total. The van der Waals surface area contributed by atoms with Gasteiger partial charge in [-0.1, -0.05) is 12.1 Å². The van der Waals surface area contributed by atoms with Crippen LogP contribution in [0.1, 0.15) is 5.56 Å². The van der Waals surface area contributed by atoms with Crippen molar-refractivity contribution in [2.24, 2.45) is 0 Å². The topological polar surface area (TPSA) is 60.7 Å². The number of carbonyl (C=O) groups is 1. The Labute approximate surface area is 133 Å². The lowest BCUT2D eigenvalue weighted by Gasteiger charge is -2.09. The molecule has 1 amide bonds. The van der Waals surface area contributed by atoms with Gasteiger partial charge in [-0.25, -0.2) is 0 Å². The largest absolute Gasteiger partial charge is 0.497 e. The maximum absolute atomic E-state index is 12.3. The van der Waals surface area contributed by atoms with Crippen LogP contribution in [-0.4, -0.2) is 20.1 Å². The lowest BCUT2D eigenvalue weighted by Crippen LogP contribution is -2.14. The summed E-state index contributed by atoms with van der Waals surface area (Å²) in [5, 5.41) is 3.73. The molecule has 5 heteroatoms. The van der Waals surface area contributed by atoms with Gasteiger partial charge in [0.25, 0.3) is 0 Å². The summed E-state index contributed by atoms with van der Waals surface area (Å²) in [7, 11) is 3.18. The maximum atomic E-state index is 12.3. The third-order valence-electron chi connectivity index (χ3n) is 3.59. The Morgan fingerprint density at radius 2 is 1.96 bits per heavy atom. The Bertz CT molecular complexity index is 838. The fourth-order valence-corrected chi connectivity index (χ4v) is 2.44. The average molecular weight is 311 g/mol. The first-order valence-corrected chi connectivity index (χ1v) is 7.18. The summed E-state index contributed by atoms with van der Waals surface area (Å²) in [4.78, 5) is 12.3. The predicted octanol–water partition coefficient (Wildman–Crippen LogP) is 3.63. The number of nitrogens with one attached hydrogen (secondary N) is 1. The molecule has 0 atom stereocenters. The second-order valence-corrected chi connectivity index (χ2v) is 5.05. The molecule has 0 bridgehead atoms. The van der Waals surface area contributed by atoms with Gasteiger partial charge in [0.2, 0.25) is 5.91 Å². The molecule has 1 heterocycles.